The predicted molar refractivity (Wildman–Crippen MR) is 92.1 cm³/mol. The number of piperidine rings is 1. The first kappa shape index (κ1) is 18.6. The minimum atomic E-state index is -0.855. The number of carboxylic acids is 1. The number of likely N-dealkylation sites (tertiary alicyclic amines) is 1. The molecule has 0 saturated carbocycles. The number of ether oxygens (including phenoxy) is 3. The molecule has 136 valence electrons. The van der Waals surface area contributed by atoms with Crippen LogP contribution in [0, 0.1) is 5.92 Å². The van der Waals surface area contributed by atoms with E-state index in [4.69, 9.17) is 19.3 Å². The van der Waals surface area contributed by atoms with E-state index in [-0.39, 0.29) is 12.5 Å². The van der Waals surface area contributed by atoms with E-state index in [2.05, 4.69) is 0 Å². The number of carbonyl (C=O) groups is 2. The molecule has 1 aromatic rings. The summed E-state index contributed by atoms with van der Waals surface area (Å²) in [5.41, 5.74) is 0.717. The van der Waals surface area contributed by atoms with Crippen LogP contribution in [0.5, 0.6) is 17.2 Å². The van der Waals surface area contributed by atoms with E-state index in [0.717, 1.165) is 5.56 Å². The first-order chi connectivity index (χ1) is 12.0. The van der Waals surface area contributed by atoms with Crippen LogP contribution in [0.2, 0.25) is 0 Å². The van der Waals surface area contributed by atoms with Crippen molar-refractivity contribution in [2.24, 2.45) is 5.92 Å². The van der Waals surface area contributed by atoms with Gasteiger partial charge in [-0.2, -0.15) is 0 Å². The van der Waals surface area contributed by atoms with Gasteiger partial charge in [-0.05, 0) is 36.6 Å². The Balaban J connectivity index is 2.15. The number of carbonyl (C=O) groups excluding carboxylic acids is 1. The lowest BCUT2D eigenvalue weighted by Crippen LogP contribution is -2.41. The summed E-state index contributed by atoms with van der Waals surface area (Å²) < 4.78 is 15.8. The van der Waals surface area contributed by atoms with Crippen LogP contribution in [0.25, 0.3) is 6.08 Å². The minimum Gasteiger partial charge on any atom is -0.493 e. The summed E-state index contributed by atoms with van der Waals surface area (Å²) in [6.07, 6.45) is 4.39. The van der Waals surface area contributed by atoms with E-state index in [9.17, 15) is 9.59 Å². The quantitative estimate of drug-likeness (QED) is 0.791. The normalized spacial score (nSPS) is 17.4. The van der Waals surface area contributed by atoms with Crippen molar-refractivity contribution < 1.29 is 28.9 Å². The average Bonchev–Trinajstić information content (AvgIpc) is 2.64. The monoisotopic (exact) mass is 349 g/mol. The van der Waals surface area contributed by atoms with Crippen molar-refractivity contribution >= 4 is 18.0 Å². The molecular formula is C18H23NO6. The van der Waals surface area contributed by atoms with Gasteiger partial charge in [0.25, 0.3) is 0 Å². The van der Waals surface area contributed by atoms with E-state index < -0.39 is 11.9 Å². The standard InChI is InChI=1S/C18H23NO6/c1-23-14-9-12(10-15(24-2)17(14)25-3)6-7-16(20)19-8-4-5-13(11-19)18(21)22/h6-7,9-10,13H,4-5,8,11H2,1-3H3,(H,21,22)/b7-6+/t13-/m1/s1. The van der Waals surface area contributed by atoms with E-state index in [1.54, 1.807) is 23.1 Å². The van der Waals surface area contributed by atoms with Crippen molar-refractivity contribution in [3.8, 4) is 17.2 Å². The second kappa shape index (κ2) is 8.41. The highest BCUT2D eigenvalue weighted by Gasteiger charge is 2.27. The number of nitrogens with zero attached hydrogens (tertiary/aromatic N) is 1. The van der Waals surface area contributed by atoms with Crippen LogP contribution < -0.4 is 14.2 Å². The van der Waals surface area contributed by atoms with Crippen LogP contribution in [0.4, 0.5) is 0 Å². The van der Waals surface area contributed by atoms with Crippen molar-refractivity contribution in [3.63, 3.8) is 0 Å². The number of aliphatic carboxylic acids is 1. The van der Waals surface area contributed by atoms with E-state index in [1.165, 1.54) is 27.4 Å². The number of hydrogen-bond acceptors (Lipinski definition) is 5. The largest absolute Gasteiger partial charge is 0.493 e. The topological polar surface area (TPSA) is 85.3 Å². The fourth-order valence-electron chi connectivity index (χ4n) is 2.85. The third-order valence-corrected chi connectivity index (χ3v) is 4.19. The Morgan fingerprint density at radius 3 is 2.32 bits per heavy atom. The molecular weight excluding hydrogens is 326 g/mol. The van der Waals surface area contributed by atoms with Crippen LogP contribution in [-0.2, 0) is 9.59 Å². The summed E-state index contributed by atoms with van der Waals surface area (Å²) in [7, 11) is 4.57. The van der Waals surface area contributed by atoms with Crippen LogP contribution in [0.1, 0.15) is 18.4 Å². The molecule has 1 aromatic carbocycles. The second-order valence-electron chi connectivity index (χ2n) is 5.75. The molecule has 0 radical (unpaired) electrons. The van der Waals surface area contributed by atoms with Crippen molar-refractivity contribution in [1.29, 1.82) is 0 Å². The maximum absolute atomic E-state index is 12.3. The van der Waals surface area contributed by atoms with Crippen molar-refractivity contribution in [2.45, 2.75) is 12.8 Å². The molecule has 1 heterocycles. The summed E-state index contributed by atoms with van der Waals surface area (Å²) >= 11 is 0. The number of benzene rings is 1. The lowest BCUT2D eigenvalue weighted by atomic mass is 9.98. The Morgan fingerprint density at radius 2 is 1.80 bits per heavy atom. The van der Waals surface area contributed by atoms with Gasteiger partial charge in [0, 0.05) is 19.2 Å². The number of rotatable bonds is 6. The molecule has 1 atom stereocenters. The molecule has 1 N–H and O–H groups in total. The van der Waals surface area contributed by atoms with Crippen LogP contribution >= 0.6 is 0 Å². The second-order valence-corrected chi connectivity index (χ2v) is 5.75. The fourth-order valence-corrected chi connectivity index (χ4v) is 2.85. The van der Waals surface area contributed by atoms with Gasteiger partial charge >= 0.3 is 5.97 Å². The maximum atomic E-state index is 12.3. The molecule has 1 saturated heterocycles. The molecule has 1 amide bonds. The number of methoxy groups -OCH3 is 3. The highest BCUT2D eigenvalue weighted by atomic mass is 16.5. The Labute approximate surface area is 146 Å². The SMILES string of the molecule is COc1cc(/C=C/C(=O)N2CCC[C@@H](C(=O)O)C2)cc(OC)c1OC. The molecule has 7 nitrogen and oxygen atoms in total. The van der Waals surface area contributed by atoms with Gasteiger partial charge in [-0.1, -0.05) is 0 Å². The molecule has 1 fully saturated rings. The first-order valence-corrected chi connectivity index (χ1v) is 8.00. The first-order valence-electron chi connectivity index (χ1n) is 8.00. The van der Waals surface area contributed by atoms with Gasteiger partial charge in [-0.25, -0.2) is 0 Å². The Hall–Kier alpha value is -2.70. The molecule has 0 unspecified atom stereocenters. The zero-order valence-corrected chi connectivity index (χ0v) is 14.7. The van der Waals surface area contributed by atoms with E-state index >= 15 is 0 Å². The predicted octanol–water partition coefficient (Wildman–Crippen LogP) is 2.05. The molecule has 1 aliphatic heterocycles. The molecule has 1 aliphatic rings. The number of carboxylic acid groups (broad SMARTS) is 1. The summed E-state index contributed by atoms with van der Waals surface area (Å²) in [5.74, 6) is -0.0809. The maximum Gasteiger partial charge on any atom is 0.308 e. The third kappa shape index (κ3) is 4.43. The van der Waals surface area contributed by atoms with Gasteiger partial charge in [-0.3, -0.25) is 9.59 Å². The van der Waals surface area contributed by atoms with Crippen LogP contribution in [0.15, 0.2) is 18.2 Å². The van der Waals surface area contributed by atoms with Gasteiger partial charge in [0.2, 0.25) is 11.7 Å². The lowest BCUT2D eigenvalue weighted by molar-refractivity contribution is -0.144. The highest BCUT2D eigenvalue weighted by Crippen LogP contribution is 2.38. The molecule has 0 aliphatic carbocycles. The summed E-state index contributed by atoms with van der Waals surface area (Å²) in [4.78, 5) is 25.0. The molecule has 7 heteroatoms. The summed E-state index contributed by atoms with van der Waals surface area (Å²) in [6, 6.07) is 3.47. The van der Waals surface area contributed by atoms with E-state index in [1.807, 2.05) is 0 Å². The molecule has 0 aromatic heterocycles. The molecule has 25 heavy (non-hydrogen) atoms. The molecule has 0 spiro atoms. The Kier molecular flexibility index (Phi) is 6.27. The van der Waals surface area contributed by atoms with E-state index in [0.29, 0.717) is 36.6 Å². The van der Waals surface area contributed by atoms with Crippen molar-refractivity contribution in [2.75, 3.05) is 34.4 Å². The smallest absolute Gasteiger partial charge is 0.308 e. The number of hydrogen-bond donors (Lipinski definition) is 1. The molecule has 2 rings (SSSR count). The average molecular weight is 349 g/mol. The zero-order chi connectivity index (χ0) is 18.4. The van der Waals surface area contributed by atoms with Crippen molar-refractivity contribution in [3.05, 3.63) is 23.8 Å². The highest BCUT2D eigenvalue weighted by molar-refractivity contribution is 5.92. The lowest BCUT2D eigenvalue weighted by Gasteiger charge is -2.29. The van der Waals surface area contributed by atoms with Gasteiger partial charge < -0.3 is 24.2 Å². The van der Waals surface area contributed by atoms with Gasteiger partial charge in [-0.15, -0.1) is 0 Å². The van der Waals surface area contributed by atoms with Crippen LogP contribution in [-0.4, -0.2) is 56.3 Å². The summed E-state index contributed by atoms with van der Waals surface area (Å²) in [6.45, 7) is 0.815. The van der Waals surface area contributed by atoms with Gasteiger partial charge in [0.15, 0.2) is 11.5 Å². The van der Waals surface area contributed by atoms with Gasteiger partial charge in [0.05, 0.1) is 27.2 Å². The Bertz CT molecular complexity index is 645. The van der Waals surface area contributed by atoms with Crippen molar-refractivity contribution in [1.82, 2.24) is 4.90 Å². The zero-order valence-electron chi connectivity index (χ0n) is 14.7. The summed E-state index contributed by atoms with van der Waals surface area (Å²) in [5, 5.41) is 9.11. The molecule has 0 bridgehead atoms. The Morgan fingerprint density at radius 1 is 1.16 bits per heavy atom. The van der Waals surface area contributed by atoms with Gasteiger partial charge in [0.1, 0.15) is 0 Å². The van der Waals surface area contributed by atoms with Crippen LogP contribution in [0.3, 0.4) is 0 Å². The number of amides is 1. The fraction of sp³-hybridized carbons (Fsp3) is 0.444. The minimum absolute atomic E-state index is 0.209. The third-order valence-electron chi connectivity index (χ3n) is 4.19.